The van der Waals surface area contributed by atoms with Crippen molar-refractivity contribution in [1.82, 2.24) is 15.5 Å². The first kappa shape index (κ1) is 12.2. The summed E-state index contributed by atoms with van der Waals surface area (Å²) in [6, 6.07) is 7.84. The number of hydrogen-bond donors (Lipinski definition) is 3. The van der Waals surface area contributed by atoms with Crippen LogP contribution in [0.3, 0.4) is 0 Å². The number of aromatic amines is 1. The second kappa shape index (κ2) is 5.09. The molecule has 20 heavy (non-hydrogen) atoms. The predicted octanol–water partition coefficient (Wildman–Crippen LogP) is 2.90. The van der Waals surface area contributed by atoms with Crippen LogP contribution in [0.25, 0.3) is 10.9 Å². The van der Waals surface area contributed by atoms with Crippen molar-refractivity contribution in [3.05, 3.63) is 24.4 Å². The Hall–Kier alpha value is -1.55. The van der Waals surface area contributed by atoms with Gasteiger partial charge in [0.2, 0.25) is 0 Å². The van der Waals surface area contributed by atoms with E-state index in [1.165, 1.54) is 49.7 Å². The highest BCUT2D eigenvalue weighted by Gasteiger charge is 2.34. The molecule has 3 N–H and O–H groups in total. The lowest BCUT2D eigenvalue weighted by Crippen LogP contribution is -2.38. The third-order valence-electron chi connectivity index (χ3n) is 4.98. The Kier molecular flexibility index (Phi) is 3.11. The van der Waals surface area contributed by atoms with Crippen molar-refractivity contribution in [1.29, 1.82) is 0 Å². The van der Waals surface area contributed by atoms with Crippen LogP contribution < -0.4 is 10.6 Å². The fourth-order valence-corrected chi connectivity index (χ4v) is 3.97. The van der Waals surface area contributed by atoms with Gasteiger partial charge in [0, 0.05) is 23.2 Å². The summed E-state index contributed by atoms with van der Waals surface area (Å²) in [5.41, 5.74) is 2.33. The third kappa shape index (κ3) is 2.18. The normalized spacial score (nSPS) is 30.1. The van der Waals surface area contributed by atoms with Crippen LogP contribution in [-0.2, 0) is 0 Å². The highest BCUT2D eigenvalue weighted by atomic mass is 15.1. The highest BCUT2D eigenvalue weighted by Crippen LogP contribution is 2.34. The molecule has 0 bridgehead atoms. The van der Waals surface area contributed by atoms with Gasteiger partial charge in [0.05, 0.1) is 11.7 Å². The maximum absolute atomic E-state index is 4.09. The van der Waals surface area contributed by atoms with Crippen molar-refractivity contribution in [3.63, 3.8) is 0 Å². The maximum atomic E-state index is 4.09. The van der Waals surface area contributed by atoms with Crippen LogP contribution in [0.15, 0.2) is 24.4 Å². The van der Waals surface area contributed by atoms with E-state index in [1.54, 1.807) is 0 Å². The fraction of sp³-hybridized carbons (Fsp3) is 0.562. The minimum absolute atomic E-state index is 0.617. The van der Waals surface area contributed by atoms with E-state index >= 15 is 0 Å². The first-order valence-corrected chi connectivity index (χ1v) is 7.83. The SMILES string of the molecule is c1cc2cn[nH]c2cc1NC1CCCC1C1CCCN1. The summed E-state index contributed by atoms with van der Waals surface area (Å²) in [6.07, 6.45) is 8.58. The van der Waals surface area contributed by atoms with Gasteiger partial charge in [-0.2, -0.15) is 5.10 Å². The van der Waals surface area contributed by atoms with E-state index in [1.807, 2.05) is 6.20 Å². The molecule has 4 nitrogen and oxygen atoms in total. The maximum Gasteiger partial charge on any atom is 0.0670 e. The molecule has 1 aromatic carbocycles. The van der Waals surface area contributed by atoms with Crippen molar-refractivity contribution in [2.24, 2.45) is 5.92 Å². The van der Waals surface area contributed by atoms with Crippen LogP contribution >= 0.6 is 0 Å². The quantitative estimate of drug-likeness (QED) is 0.804. The Bertz CT molecular complexity index is 585. The lowest BCUT2D eigenvalue weighted by Gasteiger charge is -2.27. The lowest BCUT2D eigenvalue weighted by molar-refractivity contribution is 0.376. The number of hydrogen-bond acceptors (Lipinski definition) is 3. The third-order valence-corrected chi connectivity index (χ3v) is 4.98. The van der Waals surface area contributed by atoms with E-state index < -0.39 is 0 Å². The van der Waals surface area contributed by atoms with Gasteiger partial charge in [-0.05, 0) is 56.3 Å². The fourth-order valence-electron chi connectivity index (χ4n) is 3.97. The largest absolute Gasteiger partial charge is 0.382 e. The van der Waals surface area contributed by atoms with Gasteiger partial charge in [0.25, 0.3) is 0 Å². The molecule has 0 radical (unpaired) electrons. The first-order chi connectivity index (χ1) is 9.90. The zero-order chi connectivity index (χ0) is 13.4. The molecule has 4 heteroatoms. The van der Waals surface area contributed by atoms with Crippen molar-refractivity contribution in [2.75, 3.05) is 11.9 Å². The molecular formula is C16H22N4. The molecule has 2 fully saturated rings. The Morgan fingerprint density at radius 2 is 2.15 bits per heavy atom. The van der Waals surface area contributed by atoms with E-state index in [0.29, 0.717) is 6.04 Å². The second-order valence-electron chi connectivity index (χ2n) is 6.22. The smallest absolute Gasteiger partial charge is 0.0670 e. The molecule has 1 aliphatic carbocycles. The first-order valence-electron chi connectivity index (χ1n) is 7.83. The summed E-state index contributed by atoms with van der Waals surface area (Å²) in [5.74, 6) is 0.787. The molecule has 2 heterocycles. The minimum Gasteiger partial charge on any atom is -0.382 e. The van der Waals surface area contributed by atoms with Crippen molar-refractivity contribution in [3.8, 4) is 0 Å². The highest BCUT2D eigenvalue weighted by molar-refractivity contribution is 5.81. The number of nitrogens with zero attached hydrogens (tertiary/aromatic N) is 1. The zero-order valence-corrected chi connectivity index (χ0v) is 11.7. The van der Waals surface area contributed by atoms with Crippen LogP contribution in [0.5, 0.6) is 0 Å². The Morgan fingerprint density at radius 1 is 1.15 bits per heavy atom. The Labute approximate surface area is 119 Å². The van der Waals surface area contributed by atoms with Crippen molar-refractivity contribution >= 4 is 16.6 Å². The standard InChI is InChI=1S/C16H22N4/c1-3-13(14-5-2-8-17-14)15(4-1)19-12-7-6-11-10-18-20-16(11)9-12/h6-7,9-10,13-15,17,19H,1-5,8H2,(H,18,20). The monoisotopic (exact) mass is 270 g/mol. The second-order valence-corrected chi connectivity index (χ2v) is 6.22. The molecule has 3 unspecified atom stereocenters. The molecule has 2 aromatic rings. The summed E-state index contributed by atoms with van der Waals surface area (Å²) < 4.78 is 0. The number of aromatic nitrogens is 2. The average molecular weight is 270 g/mol. The molecule has 1 aliphatic heterocycles. The van der Waals surface area contributed by atoms with Gasteiger partial charge in [-0.15, -0.1) is 0 Å². The van der Waals surface area contributed by atoms with Gasteiger partial charge in [0.15, 0.2) is 0 Å². The summed E-state index contributed by atoms with van der Waals surface area (Å²) in [5, 5.41) is 15.8. The summed E-state index contributed by atoms with van der Waals surface area (Å²) >= 11 is 0. The van der Waals surface area contributed by atoms with Crippen LogP contribution in [0.4, 0.5) is 5.69 Å². The number of H-pyrrole nitrogens is 1. The van der Waals surface area contributed by atoms with Gasteiger partial charge < -0.3 is 10.6 Å². The van der Waals surface area contributed by atoms with Gasteiger partial charge in [-0.25, -0.2) is 0 Å². The van der Waals surface area contributed by atoms with E-state index in [-0.39, 0.29) is 0 Å². The number of anilines is 1. The van der Waals surface area contributed by atoms with E-state index in [4.69, 9.17) is 0 Å². The van der Waals surface area contributed by atoms with Crippen LogP contribution in [-0.4, -0.2) is 28.8 Å². The summed E-state index contributed by atoms with van der Waals surface area (Å²) in [7, 11) is 0. The summed E-state index contributed by atoms with van der Waals surface area (Å²) in [6.45, 7) is 1.20. The number of fused-ring (bicyclic) bond motifs is 1. The molecule has 0 amide bonds. The number of rotatable bonds is 3. The topological polar surface area (TPSA) is 52.7 Å². The molecule has 3 atom stereocenters. The average Bonchev–Trinajstić information content (AvgIpc) is 3.19. The number of nitrogens with one attached hydrogen (secondary N) is 3. The molecular weight excluding hydrogens is 248 g/mol. The summed E-state index contributed by atoms with van der Waals surface area (Å²) in [4.78, 5) is 0. The van der Waals surface area contributed by atoms with E-state index in [0.717, 1.165) is 17.5 Å². The van der Waals surface area contributed by atoms with Crippen molar-refractivity contribution < 1.29 is 0 Å². The molecule has 4 rings (SSSR count). The van der Waals surface area contributed by atoms with Crippen LogP contribution in [0, 0.1) is 5.92 Å². The Balaban J connectivity index is 1.51. The Morgan fingerprint density at radius 3 is 3.05 bits per heavy atom. The van der Waals surface area contributed by atoms with Gasteiger partial charge >= 0.3 is 0 Å². The van der Waals surface area contributed by atoms with E-state index in [9.17, 15) is 0 Å². The lowest BCUT2D eigenvalue weighted by atomic mass is 9.93. The van der Waals surface area contributed by atoms with Crippen LogP contribution in [0.1, 0.15) is 32.1 Å². The molecule has 2 aliphatic rings. The zero-order valence-electron chi connectivity index (χ0n) is 11.7. The molecule has 1 saturated heterocycles. The van der Waals surface area contributed by atoms with Crippen molar-refractivity contribution in [2.45, 2.75) is 44.2 Å². The molecule has 106 valence electrons. The molecule has 0 spiro atoms. The molecule has 1 saturated carbocycles. The minimum atomic E-state index is 0.617. The van der Waals surface area contributed by atoms with E-state index in [2.05, 4.69) is 39.0 Å². The molecule has 1 aromatic heterocycles. The van der Waals surface area contributed by atoms with Gasteiger partial charge in [0.1, 0.15) is 0 Å². The van der Waals surface area contributed by atoms with Crippen LogP contribution in [0.2, 0.25) is 0 Å². The van der Waals surface area contributed by atoms with Gasteiger partial charge in [-0.1, -0.05) is 6.42 Å². The van der Waals surface area contributed by atoms with Gasteiger partial charge in [-0.3, -0.25) is 5.10 Å². The number of benzene rings is 1. The predicted molar refractivity (Wildman–Crippen MR) is 81.9 cm³/mol.